The number of amides is 2. The minimum Gasteiger partial charge on any atom is -0.480 e. The maximum Gasteiger partial charge on any atom is 0.326 e. The van der Waals surface area contributed by atoms with Crippen molar-refractivity contribution in [3.8, 4) is 0 Å². The zero-order valence-corrected chi connectivity index (χ0v) is 11.5. The summed E-state index contributed by atoms with van der Waals surface area (Å²) in [5, 5.41) is 11.7. The summed E-state index contributed by atoms with van der Waals surface area (Å²) in [6, 6.07) is -0.760. The Balaban J connectivity index is 2.60. The van der Waals surface area contributed by atoms with Crippen LogP contribution in [0.15, 0.2) is 0 Å². The van der Waals surface area contributed by atoms with Gasteiger partial charge in [-0.1, -0.05) is 27.2 Å². The van der Waals surface area contributed by atoms with E-state index in [4.69, 9.17) is 5.11 Å². The van der Waals surface area contributed by atoms with Crippen LogP contribution in [0.4, 0.5) is 4.79 Å². The minimum absolute atomic E-state index is 0.230. The zero-order chi connectivity index (χ0) is 13.7. The standard InChI is InChI=1S/C13H24N2O3/c1-4-6-10(12(16)17)14-13(18)15-8-5-7-11(15)9(2)3/h9-11H,4-8H2,1-3H3,(H,14,18)(H,16,17)/t10-,11?/m0/s1. The maximum atomic E-state index is 12.1. The molecule has 1 unspecified atom stereocenters. The lowest BCUT2D eigenvalue weighted by Crippen LogP contribution is -2.50. The molecular formula is C13H24N2O3. The molecule has 2 atom stereocenters. The van der Waals surface area contributed by atoms with Crippen molar-refractivity contribution in [1.29, 1.82) is 0 Å². The fourth-order valence-corrected chi connectivity index (χ4v) is 2.52. The second kappa shape index (κ2) is 6.61. The summed E-state index contributed by atoms with van der Waals surface area (Å²) in [7, 11) is 0. The van der Waals surface area contributed by atoms with Crippen molar-refractivity contribution in [2.45, 2.75) is 58.5 Å². The second-order valence-corrected chi connectivity index (χ2v) is 5.28. The van der Waals surface area contributed by atoms with E-state index in [0.29, 0.717) is 12.3 Å². The first-order valence-corrected chi connectivity index (χ1v) is 6.77. The Hall–Kier alpha value is -1.26. The summed E-state index contributed by atoms with van der Waals surface area (Å²) >= 11 is 0. The highest BCUT2D eigenvalue weighted by Crippen LogP contribution is 2.23. The Labute approximate surface area is 109 Å². The number of hydrogen-bond donors (Lipinski definition) is 2. The highest BCUT2D eigenvalue weighted by molar-refractivity contribution is 5.82. The van der Waals surface area contributed by atoms with Gasteiger partial charge in [-0.25, -0.2) is 9.59 Å². The average molecular weight is 256 g/mol. The van der Waals surface area contributed by atoms with Gasteiger partial charge in [-0.3, -0.25) is 0 Å². The number of hydrogen-bond acceptors (Lipinski definition) is 2. The van der Waals surface area contributed by atoms with Crippen molar-refractivity contribution in [3.05, 3.63) is 0 Å². The predicted molar refractivity (Wildman–Crippen MR) is 69.4 cm³/mol. The molecule has 2 N–H and O–H groups in total. The van der Waals surface area contributed by atoms with E-state index in [1.54, 1.807) is 4.90 Å². The fraction of sp³-hybridized carbons (Fsp3) is 0.846. The molecule has 1 fully saturated rings. The second-order valence-electron chi connectivity index (χ2n) is 5.28. The molecule has 0 radical (unpaired) electrons. The third-order valence-electron chi connectivity index (χ3n) is 3.50. The Morgan fingerprint density at radius 1 is 1.44 bits per heavy atom. The number of nitrogens with zero attached hydrogens (tertiary/aromatic N) is 1. The molecule has 1 aliphatic rings. The number of nitrogens with one attached hydrogen (secondary N) is 1. The molecule has 0 saturated carbocycles. The van der Waals surface area contributed by atoms with Gasteiger partial charge in [0.2, 0.25) is 0 Å². The summed E-state index contributed by atoms with van der Waals surface area (Å²) in [6.45, 7) is 6.83. The van der Waals surface area contributed by atoms with Gasteiger partial charge in [0.25, 0.3) is 0 Å². The van der Waals surface area contributed by atoms with Gasteiger partial charge in [0.05, 0.1) is 0 Å². The summed E-state index contributed by atoms with van der Waals surface area (Å²) in [4.78, 5) is 24.9. The molecule has 18 heavy (non-hydrogen) atoms. The maximum absolute atomic E-state index is 12.1. The van der Waals surface area contributed by atoms with Crippen LogP contribution < -0.4 is 5.32 Å². The molecule has 1 aliphatic heterocycles. The van der Waals surface area contributed by atoms with E-state index in [-0.39, 0.29) is 12.1 Å². The van der Waals surface area contributed by atoms with Crippen molar-refractivity contribution in [3.63, 3.8) is 0 Å². The van der Waals surface area contributed by atoms with Gasteiger partial charge in [0.1, 0.15) is 6.04 Å². The Kier molecular flexibility index (Phi) is 5.44. The molecule has 1 heterocycles. The van der Waals surface area contributed by atoms with E-state index in [2.05, 4.69) is 19.2 Å². The first-order chi connectivity index (χ1) is 8.47. The number of carbonyl (C=O) groups excluding carboxylic acids is 1. The minimum atomic E-state index is -0.953. The number of rotatable bonds is 5. The lowest BCUT2D eigenvalue weighted by Gasteiger charge is -2.29. The molecule has 2 amide bonds. The van der Waals surface area contributed by atoms with Crippen molar-refractivity contribution < 1.29 is 14.7 Å². The summed E-state index contributed by atoms with van der Waals surface area (Å²) in [5.74, 6) is -0.543. The quantitative estimate of drug-likeness (QED) is 0.791. The van der Waals surface area contributed by atoms with E-state index in [0.717, 1.165) is 25.8 Å². The normalized spacial score (nSPS) is 21.1. The van der Waals surface area contributed by atoms with Gasteiger partial charge in [0, 0.05) is 12.6 Å². The molecule has 0 aliphatic carbocycles. The number of carboxylic acid groups (broad SMARTS) is 1. The van der Waals surface area contributed by atoms with Crippen LogP contribution in [0.3, 0.4) is 0 Å². The zero-order valence-electron chi connectivity index (χ0n) is 11.5. The number of urea groups is 1. The Bertz CT molecular complexity index is 305. The molecule has 0 aromatic rings. The van der Waals surface area contributed by atoms with E-state index in [1.807, 2.05) is 6.92 Å². The monoisotopic (exact) mass is 256 g/mol. The number of aliphatic carboxylic acids is 1. The van der Waals surface area contributed by atoms with Crippen LogP contribution in [0.2, 0.25) is 0 Å². The molecule has 5 nitrogen and oxygen atoms in total. The van der Waals surface area contributed by atoms with Crippen LogP contribution >= 0.6 is 0 Å². The topological polar surface area (TPSA) is 69.6 Å². The molecule has 0 aromatic heterocycles. The third kappa shape index (κ3) is 3.62. The van der Waals surface area contributed by atoms with Crippen molar-refractivity contribution in [2.24, 2.45) is 5.92 Å². The van der Waals surface area contributed by atoms with Crippen LogP contribution in [0, 0.1) is 5.92 Å². The number of carbonyl (C=O) groups is 2. The van der Waals surface area contributed by atoms with Gasteiger partial charge in [-0.2, -0.15) is 0 Å². The predicted octanol–water partition coefficient (Wildman–Crippen LogP) is 2.07. The first-order valence-electron chi connectivity index (χ1n) is 6.77. The molecule has 104 valence electrons. The number of carboxylic acids is 1. The van der Waals surface area contributed by atoms with Crippen molar-refractivity contribution in [2.75, 3.05) is 6.54 Å². The van der Waals surface area contributed by atoms with Gasteiger partial charge < -0.3 is 15.3 Å². The van der Waals surface area contributed by atoms with Crippen LogP contribution in [0.25, 0.3) is 0 Å². The van der Waals surface area contributed by atoms with Crippen molar-refractivity contribution >= 4 is 12.0 Å². The molecule has 1 rings (SSSR count). The SMILES string of the molecule is CCC[C@H](NC(=O)N1CCCC1C(C)C)C(=O)O. The Morgan fingerprint density at radius 2 is 2.11 bits per heavy atom. The van der Waals surface area contributed by atoms with Gasteiger partial charge in [0.15, 0.2) is 0 Å². The fourth-order valence-electron chi connectivity index (χ4n) is 2.52. The van der Waals surface area contributed by atoms with Crippen LogP contribution in [0.1, 0.15) is 46.5 Å². The van der Waals surface area contributed by atoms with E-state index < -0.39 is 12.0 Å². The molecule has 0 spiro atoms. The lowest BCUT2D eigenvalue weighted by atomic mass is 10.0. The molecule has 0 aromatic carbocycles. The van der Waals surface area contributed by atoms with Crippen LogP contribution in [-0.4, -0.2) is 40.6 Å². The van der Waals surface area contributed by atoms with Crippen LogP contribution in [0.5, 0.6) is 0 Å². The Morgan fingerprint density at radius 3 is 2.61 bits per heavy atom. The average Bonchev–Trinajstić information content (AvgIpc) is 2.77. The molecular weight excluding hydrogens is 232 g/mol. The summed E-state index contributed by atoms with van der Waals surface area (Å²) in [5.41, 5.74) is 0. The molecule has 1 saturated heterocycles. The van der Waals surface area contributed by atoms with Crippen LogP contribution in [-0.2, 0) is 4.79 Å². The highest BCUT2D eigenvalue weighted by atomic mass is 16.4. The first kappa shape index (κ1) is 14.8. The molecule has 5 heteroatoms. The van der Waals surface area contributed by atoms with Gasteiger partial charge in [-0.05, 0) is 25.2 Å². The number of likely N-dealkylation sites (tertiary alicyclic amines) is 1. The van der Waals surface area contributed by atoms with E-state index in [1.165, 1.54) is 0 Å². The highest BCUT2D eigenvalue weighted by Gasteiger charge is 2.32. The van der Waals surface area contributed by atoms with E-state index >= 15 is 0 Å². The smallest absolute Gasteiger partial charge is 0.326 e. The lowest BCUT2D eigenvalue weighted by molar-refractivity contribution is -0.139. The summed E-state index contributed by atoms with van der Waals surface area (Å²) < 4.78 is 0. The summed E-state index contributed by atoms with van der Waals surface area (Å²) in [6.07, 6.45) is 3.23. The van der Waals surface area contributed by atoms with E-state index in [9.17, 15) is 9.59 Å². The largest absolute Gasteiger partial charge is 0.480 e. The third-order valence-corrected chi connectivity index (χ3v) is 3.50. The van der Waals surface area contributed by atoms with Gasteiger partial charge in [-0.15, -0.1) is 0 Å². The van der Waals surface area contributed by atoms with Gasteiger partial charge >= 0.3 is 12.0 Å². The molecule has 0 bridgehead atoms. The van der Waals surface area contributed by atoms with Crippen molar-refractivity contribution in [1.82, 2.24) is 10.2 Å².